The highest BCUT2D eigenvalue weighted by Crippen LogP contribution is 2.25. The molecule has 0 aromatic carbocycles. The van der Waals surface area contributed by atoms with E-state index in [2.05, 4.69) is 41.2 Å². The molecule has 2 aliphatic heterocycles. The molecule has 1 atom stereocenters. The predicted octanol–water partition coefficient (Wildman–Crippen LogP) is 1.97. The Morgan fingerprint density at radius 1 is 1.18 bits per heavy atom. The molecule has 22 heavy (non-hydrogen) atoms. The van der Waals surface area contributed by atoms with E-state index in [4.69, 9.17) is 9.72 Å². The molecule has 8 heteroatoms. The molecule has 2 aliphatic rings. The van der Waals surface area contributed by atoms with Crippen LogP contribution in [0.1, 0.15) is 12.5 Å². The molecule has 5 nitrogen and oxygen atoms in total. The average Bonchev–Trinajstić information content (AvgIpc) is 2.59. The molecule has 0 amide bonds. The fourth-order valence-corrected chi connectivity index (χ4v) is 2.53. The van der Waals surface area contributed by atoms with Gasteiger partial charge in [-0.05, 0) is 26.1 Å². The summed E-state index contributed by atoms with van der Waals surface area (Å²) < 4.78 is 5.87. The Hall–Kier alpha value is -0.460. The first-order valence-electron chi connectivity index (χ1n) is 7.02. The smallest absolute Gasteiger partial charge is 0.219 e. The Kier molecular flexibility index (Phi) is 9.43. The summed E-state index contributed by atoms with van der Waals surface area (Å²) in [6, 6.07) is 4.71. The van der Waals surface area contributed by atoms with Crippen molar-refractivity contribution in [2.24, 2.45) is 0 Å². The van der Waals surface area contributed by atoms with Crippen LogP contribution in [0.3, 0.4) is 0 Å². The summed E-state index contributed by atoms with van der Waals surface area (Å²) in [4.78, 5) is 9.34. The van der Waals surface area contributed by atoms with E-state index in [0.29, 0.717) is 12.6 Å². The summed E-state index contributed by atoms with van der Waals surface area (Å²) in [5.74, 6) is 1.85. The van der Waals surface area contributed by atoms with E-state index in [1.54, 1.807) is 0 Å². The van der Waals surface area contributed by atoms with Gasteiger partial charge in [-0.3, -0.25) is 4.90 Å². The van der Waals surface area contributed by atoms with Gasteiger partial charge in [-0.15, -0.1) is 37.2 Å². The third-order valence-corrected chi connectivity index (χ3v) is 4.00. The lowest BCUT2D eigenvalue weighted by Gasteiger charge is -2.28. The molecule has 1 unspecified atom stereocenters. The molecular formula is C14H25Cl3N4O. The van der Waals surface area contributed by atoms with Crippen LogP contribution < -0.4 is 15.0 Å². The Labute approximate surface area is 151 Å². The normalized spacial score (nSPS) is 21.2. The summed E-state index contributed by atoms with van der Waals surface area (Å²) >= 11 is 0. The van der Waals surface area contributed by atoms with Crippen LogP contribution in [0.2, 0.25) is 0 Å². The van der Waals surface area contributed by atoms with Crippen LogP contribution in [-0.2, 0) is 6.54 Å². The van der Waals surface area contributed by atoms with Crippen molar-refractivity contribution in [1.29, 1.82) is 0 Å². The molecule has 1 N–H and O–H groups in total. The quantitative estimate of drug-likeness (QED) is 0.817. The number of aromatic nitrogens is 1. The molecular weight excluding hydrogens is 347 g/mol. The number of nitrogens with one attached hydrogen (secondary N) is 1. The zero-order valence-corrected chi connectivity index (χ0v) is 15.4. The maximum absolute atomic E-state index is 5.87. The van der Waals surface area contributed by atoms with Gasteiger partial charge in [0.15, 0.2) is 0 Å². The van der Waals surface area contributed by atoms with E-state index in [1.165, 1.54) is 5.56 Å². The second kappa shape index (κ2) is 9.63. The molecule has 128 valence electrons. The molecule has 1 saturated heterocycles. The second-order valence-electron chi connectivity index (χ2n) is 5.45. The minimum Gasteiger partial charge on any atom is -0.476 e. The van der Waals surface area contributed by atoms with Crippen LogP contribution in [0.25, 0.3) is 0 Å². The fraction of sp³-hybridized carbons (Fsp3) is 0.643. The largest absolute Gasteiger partial charge is 0.476 e. The molecule has 3 rings (SSSR count). The van der Waals surface area contributed by atoms with E-state index >= 15 is 0 Å². The van der Waals surface area contributed by atoms with Crippen LogP contribution in [0.5, 0.6) is 5.88 Å². The van der Waals surface area contributed by atoms with E-state index in [9.17, 15) is 0 Å². The molecule has 0 bridgehead atoms. The number of pyridine rings is 1. The highest BCUT2D eigenvalue weighted by Gasteiger charge is 2.21. The minimum atomic E-state index is 0. The molecule has 1 aromatic heterocycles. The number of hydrogen-bond acceptors (Lipinski definition) is 5. The zero-order valence-electron chi connectivity index (χ0n) is 12.9. The van der Waals surface area contributed by atoms with Gasteiger partial charge >= 0.3 is 0 Å². The molecule has 3 heterocycles. The van der Waals surface area contributed by atoms with Crippen molar-refractivity contribution in [3.05, 3.63) is 17.7 Å². The summed E-state index contributed by atoms with van der Waals surface area (Å²) in [5, 5.41) is 3.36. The molecule has 1 aromatic rings. The number of likely N-dealkylation sites (N-methyl/N-ethyl adjacent to an activating group) is 1. The van der Waals surface area contributed by atoms with Crippen molar-refractivity contribution in [3.8, 4) is 5.88 Å². The van der Waals surface area contributed by atoms with E-state index in [0.717, 1.165) is 44.4 Å². The lowest BCUT2D eigenvalue weighted by atomic mass is 10.2. The van der Waals surface area contributed by atoms with E-state index < -0.39 is 0 Å². The first kappa shape index (κ1) is 21.5. The lowest BCUT2D eigenvalue weighted by molar-refractivity contribution is 0.186. The summed E-state index contributed by atoms with van der Waals surface area (Å²) in [7, 11) is 2.13. The van der Waals surface area contributed by atoms with Crippen molar-refractivity contribution in [2.45, 2.75) is 19.5 Å². The topological polar surface area (TPSA) is 40.6 Å². The first-order chi connectivity index (χ1) is 9.24. The number of rotatable bonds is 1. The number of piperazine rings is 1. The van der Waals surface area contributed by atoms with Gasteiger partial charge in [0.05, 0.1) is 0 Å². The van der Waals surface area contributed by atoms with Crippen molar-refractivity contribution in [3.63, 3.8) is 0 Å². The second-order valence-corrected chi connectivity index (χ2v) is 5.45. The van der Waals surface area contributed by atoms with Crippen LogP contribution in [0, 0.1) is 0 Å². The first-order valence-corrected chi connectivity index (χ1v) is 7.02. The molecule has 1 fully saturated rings. The third-order valence-electron chi connectivity index (χ3n) is 4.00. The maximum Gasteiger partial charge on any atom is 0.219 e. The number of fused-ring (bicyclic) bond motifs is 1. The fourth-order valence-electron chi connectivity index (χ4n) is 2.53. The maximum atomic E-state index is 5.87. The van der Waals surface area contributed by atoms with Crippen molar-refractivity contribution in [2.75, 3.05) is 44.7 Å². The Balaban J connectivity index is 0.00000147. The van der Waals surface area contributed by atoms with Crippen molar-refractivity contribution < 1.29 is 4.74 Å². The van der Waals surface area contributed by atoms with Crippen LogP contribution in [-0.4, -0.2) is 55.8 Å². The zero-order chi connectivity index (χ0) is 13.2. The summed E-state index contributed by atoms with van der Waals surface area (Å²) in [6.07, 6.45) is 0. The van der Waals surface area contributed by atoms with Gasteiger partial charge in [-0.2, -0.15) is 4.98 Å². The minimum absolute atomic E-state index is 0. The van der Waals surface area contributed by atoms with Gasteiger partial charge in [0.2, 0.25) is 5.88 Å². The van der Waals surface area contributed by atoms with Gasteiger partial charge in [0, 0.05) is 44.3 Å². The molecule has 0 aliphatic carbocycles. The third kappa shape index (κ3) is 4.77. The monoisotopic (exact) mass is 370 g/mol. The van der Waals surface area contributed by atoms with E-state index in [1.807, 2.05) is 0 Å². The Morgan fingerprint density at radius 3 is 2.55 bits per heavy atom. The van der Waals surface area contributed by atoms with Gasteiger partial charge in [-0.25, -0.2) is 0 Å². The van der Waals surface area contributed by atoms with Crippen molar-refractivity contribution in [1.82, 2.24) is 15.2 Å². The Morgan fingerprint density at radius 2 is 1.86 bits per heavy atom. The van der Waals surface area contributed by atoms with Gasteiger partial charge in [-0.1, -0.05) is 0 Å². The van der Waals surface area contributed by atoms with Crippen molar-refractivity contribution >= 4 is 43.0 Å². The number of ether oxygens (including phenoxy) is 1. The van der Waals surface area contributed by atoms with E-state index in [-0.39, 0.29) is 37.2 Å². The SMILES string of the molecule is CC1COc2nc(N3CCNCC3)ccc2CN1C.Cl.Cl.Cl. The highest BCUT2D eigenvalue weighted by molar-refractivity contribution is 5.86. The lowest BCUT2D eigenvalue weighted by Crippen LogP contribution is -2.43. The van der Waals surface area contributed by atoms with Gasteiger partial charge in [0.1, 0.15) is 12.4 Å². The molecule has 0 spiro atoms. The van der Waals surface area contributed by atoms with Gasteiger partial charge < -0.3 is 15.0 Å². The molecule has 0 radical (unpaired) electrons. The summed E-state index contributed by atoms with van der Waals surface area (Å²) in [5.41, 5.74) is 1.19. The van der Waals surface area contributed by atoms with Crippen LogP contribution in [0.4, 0.5) is 5.82 Å². The number of nitrogens with zero attached hydrogens (tertiary/aromatic N) is 3. The Bertz CT molecular complexity index is 458. The van der Waals surface area contributed by atoms with Gasteiger partial charge in [0.25, 0.3) is 0 Å². The summed E-state index contributed by atoms with van der Waals surface area (Å²) in [6.45, 7) is 7.89. The highest BCUT2D eigenvalue weighted by atomic mass is 35.5. The number of hydrogen-bond donors (Lipinski definition) is 1. The number of halogens is 3. The van der Waals surface area contributed by atoms with Crippen LogP contribution in [0.15, 0.2) is 12.1 Å². The predicted molar refractivity (Wildman–Crippen MR) is 97.5 cm³/mol. The molecule has 0 saturated carbocycles. The number of anilines is 1. The standard InChI is InChI=1S/C14H22N4O.3ClH/c1-11-10-19-14-12(9-17(11)2)3-4-13(16-14)18-7-5-15-6-8-18;;;/h3-4,11,15H,5-10H2,1-2H3;3*1H. The van der Waals surface area contributed by atoms with Crippen LogP contribution >= 0.6 is 37.2 Å². The average molecular weight is 372 g/mol.